The molecule has 0 saturated carbocycles. The highest BCUT2D eigenvalue weighted by Gasteiger charge is 2.18. The largest absolute Gasteiger partial charge is 0.355 e. The molecule has 0 spiro atoms. The van der Waals surface area contributed by atoms with Crippen molar-refractivity contribution in [3.8, 4) is 0 Å². The molecule has 118 valence electrons. The second kappa shape index (κ2) is 9.96. The Bertz CT molecular complexity index is 307. The minimum absolute atomic E-state index is 0. The third-order valence-electron chi connectivity index (χ3n) is 3.00. The summed E-state index contributed by atoms with van der Waals surface area (Å²) in [5.41, 5.74) is 0. The lowest BCUT2D eigenvalue weighted by Crippen LogP contribution is -2.50. The fourth-order valence-corrected chi connectivity index (χ4v) is 1.92. The summed E-state index contributed by atoms with van der Waals surface area (Å²) in [5, 5.41) is 6.06. The lowest BCUT2D eigenvalue weighted by atomic mass is 10.2. The van der Waals surface area contributed by atoms with Gasteiger partial charge in [0.25, 0.3) is 0 Å². The van der Waals surface area contributed by atoms with Gasteiger partial charge in [0.2, 0.25) is 11.8 Å². The first-order valence-corrected chi connectivity index (χ1v) is 6.92. The maximum Gasteiger partial charge on any atom is 0.236 e. The molecule has 1 fully saturated rings. The first-order valence-electron chi connectivity index (χ1n) is 6.92. The summed E-state index contributed by atoms with van der Waals surface area (Å²) in [6.45, 7) is 8.57. The molecule has 0 aromatic rings. The normalized spacial score (nSPS) is 15.2. The van der Waals surface area contributed by atoms with Gasteiger partial charge in [0, 0.05) is 32.7 Å². The van der Waals surface area contributed by atoms with Crippen LogP contribution in [-0.2, 0) is 9.59 Å². The molecular formula is C13H27ClN4O2. The zero-order chi connectivity index (χ0) is 14.3. The number of carbonyl (C=O) groups excluding carboxylic acids is 2. The summed E-state index contributed by atoms with van der Waals surface area (Å²) in [6, 6.07) is 0. The predicted molar refractivity (Wildman–Crippen MR) is 82.0 cm³/mol. The Morgan fingerprint density at radius 2 is 1.85 bits per heavy atom. The fourth-order valence-electron chi connectivity index (χ4n) is 1.92. The van der Waals surface area contributed by atoms with Crippen molar-refractivity contribution in [3.63, 3.8) is 0 Å². The van der Waals surface area contributed by atoms with E-state index in [1.807, 2.05) is 4.90 Å². The van der Waals surface area contributed by atoms with E-state index in [4.69, 9.17) is 0 Å². The van der Waals surface area contributed by atoms with Crippen LogP contribution >= 0.6 is 12.4 Å². The second-order valence-electron chi connectivity index (χ2n) is 5.50. The van der Waals surface area contributed by atoms with Gasteiger partial charge in [-0.3, -0.25) is 14.5 Å². The smallest absolute Gasteiger partial charge is 0.236 e. The molecule has 6 nitrogen and oxygen atoms in total. The molecule has 1 saturated heterocycles. The molecule has 1 heterocycles. The van der Waals surface area contributed by atoms with E-state index in [-0.39, 0.29) is 30.8 Å². The first-order chi connectivity index (χ1) is 8.99. The van der Waals surface area contributed by atoms with Gasteiger partial charge in [-0.1, -0.05) is 13.8 Å². The molecule has 1 aliphatic heterocycles. The third-order valence-corrected chi connectivity index (χ3v) is 3.00. The Kier molecular flexibility index (Phi) is 9.54. The second-order valence-corrected chi connectivity index (χ2v) is 5.50. The van der Waals surface area contributed by atoms with Gasteiger partial charge in [0.05, 0.1) is 13.1 Å². The number of nitrogens with zero attached hydrogens (tertiary/aromatic N) is 2. The number of rotatable bonds is 6. The van der Waals surface area contributed by atoms with E-state index in [0.717, 1.165) is 26.2 Å². The number of halogens is 1. The lowest BCUT2D eigenvalue weighted by Gasteiger charge is -2.29. The van der Waals surface area contributed by atoms with Gasteiger partial charge >= 0.3 is 0 Å². The van der Waals surface area contributed by atoms with Gasteiger partial charge in [-0.05, 0) is 13.0 Å². The van der Waals surface area contributed by atoms with Gasteiger partial charge < -0.3 is 15.5 Å². The number of amides is 2. The highest BCUT2D eigenvalue weighted by Crippen LogP contribution is 1.95. The maximum atomic E-state index is 12.0. The van der Waals surface area contributed by atoms with E-state index in [2.05, 4.69) is 24.5 Å². The van der Waals surface area contributed by atoms with E-state index in [1.165, 1.54) is 0 Å². The third kappa shape index (κ3) is 7.67. The molecule has 0 unspecified atom stereocenters. The van der Waals surface area contributed by atoms with Crippen molar-refractivity contribution in [1.82, 2.24) is 20.4 Å². The number of hydrogen-bond acceptors (Lipinski definition) is 4. The predicted octanol–water partition coefficient (Wildman–Crippen LogP) is -0.456. The van der Waals surface area contributed by atoms with Gasteiger partial charge in [-0.2, -0.15) is 0 Å². The van der Waals surface area contributed by atoms with E-state index in [9.17, 15) is 9.59 Å². The van der Waals surface area contributed by atoms with Crippen LogP contribution in [0.2, 0.25) is 0 Å². The van der Waals surface area contributed by atoms with E-state index in [1.54, 1.807) is 11.9 Å². The molecular weight excluding hydrogens is 280 g/mol. The Hall–Kier alpha value is -0.850. The zero-order valence-corrected chi connectivity index (χ0v) is 13.5. The molecule has 1 rings (SSSR count). The molecule has 0 aromatic heterocycles. The van der Waals surface area contributed by atoms with Crippen molar-refractivity contribution in [2.45, 2.75) is 13.8 Å². The van der Waals surface area contributed by atoms with Crippen LogP contribution in [0.3, 0.4) is 0 Å². The fraction of sp³-hybridized carbons (Fsp3) is 0.846. The summed E-state index contributed by atoms with van der Waals surface area (Å²) >= 11 is 0. The quantitative estimate of drug-likeness (QED) is 0.697. The molecule has 2 N–H and O–H groups in total. The molecule has 2 amide bonds. The molecule has 7 heteroatoms. The highest BCUT2D eigenvalue weighted by atomic mass is 35.5. The van der Waals surface area contributed by atoms with Crippen LogP contribution in [0.15, 0.2) is 0 Å². The van der Waals surface area contributed by atoms with Crippen LogP contribution in [0, 0.1) is 5.92 Å². The molecule has 0 aliphatic carbocycles. The molecule has 0 radical (unpaired) electrons. The summed E-state index contributed by atoms with van der Waals surface area (Å²) < 4.78 is 0. The summed E-state index contributed by atoms with van der Waals surface area (Å²) in [4.78, 5) is 27.2. The zero-order valence-electron chi connectivity index (χ0n) is 12.6. The van der Waals surface area contributed by atoms with Crippen molar-refractivity contribution in [2.24, 2.45) is 5.92 Å². The summed E-state index contributed by atoms with van der Waals surface area (Å²) in [6.07, 6.45) is 0. The summed E-state index contributed by atoms with van der Waals surface area (Å²) in [7, 11) is 1.80. The molecule has 0 bridgehead atoms. The first kappa shape index (κ1) is 19.1. The van der Waals surface area contributed by atoms with E-state index >= 15 is 0 Å². The van der Waals surface area contributed by atoms with Crippen molar-refractivity contribution in [1.29, 1.82) is 0 Å². The minimum Gasteiger partial charge on any atom is -0.355 e. The van der Waals surface area contributed by atoms with Crippen LogP contribution in [-0.4, -0.2) is 74.5 Å². The standard InChI is InChI=1S/C13H26N4O2.ClH/c1-11(2)8-15-12(18)9-16(3)10-13(19)17-6-4-14-5-7-17;/h11,14H,4-10H2,1-3H3,(H,15,18);1H. The van der Waals surface area contributed by atoms with Crippen molar-refractivity contribution in [3.05, 3.63) is 0 Å². The SMILES string of the molecule is CC(C)CNC(=O)CN(C)CC(=O)N1CCNCC1.Cl. The van der Waals surface area contributed by atoms with E-state index in [0.29, 0.717) is 19.0 Å². The van der Waals surface area contributed by atoms with Crippen molar-refractivity contribution in [2.75, 3.05) is 52.9 Å². The molecule has 0 aromatic carbocycles. The topological polar surface area (TPSA) is 64.7 Å². The number of likely N-dealkylation sites (N-methyl/N-ethyl adjacent to an activating group) is 1. The number of piperazine rings is 1. The summed E-state index contributed by atoms with van der Waals surface area (Å²) in [5.74, 6) is 0.515. The van der Waals surface area contributed by atoms with Crippen LogP contribution in [0.5, 0.6) is 0 Å². The average Bonchev–Trinajstić information content (AvgIpc) is 2.37. The molecule has 0 atom stereocenters. The molecule has 1 aliphatic rings. The lowest BCUT2D eigenvalue weighted by molar-refractivity contribution is -0.133. The van der Waals surface area contributed by atoms with Crippen molar-refractivity contribution < 1.29 is 9.59 Å². The Labute approximate surface area is 127 Å². The van der Waals surface area contributed by atoms with E-state index < -0.39 is 0 Å². The Balaban J connectivity index is 0.00000361. The van der Waals surface area contributed by atoms with Crippen LogP contribution in [0.1, 0.15) is 13.8 Å². The minimum atomic E-state index is -0.0238. The van der Waals surface area contributed by atoms with Gasteiger partial charge in [0.1, 0.15) is 0 Å². The Morgan fingerprint density at radius 1 is 1.25 bits per heavy atom. The average molecular weight is 307 g/mol. The van der Waals surface area contributed by atoms with Crippen LogP contribution in [0.4, 0.5) is 0 Å². The number of nitrogens with one attached hydrogen (secondary N) is 2. The van der Waals surface area contributed by atoms with Crippen LogP contribution in [0.25, 0.3) is 0 Å². The van der Waals surface area contributed by atoms with Crippen molar-refractivity contribution >= 4 is 24.2 Å². The highest BCUT2D eigenvalue weighted by molar-refractivity contribution is 5.85. The molecule has 20 heavy (non-hydrogen) atoms. The number of carbonyl (C=O) groups is 2. The van der Waals surface area contributed by atoms with Crippen LogP contribution < -0.4 is 10.6 Å². The monoisotopic (exact) mass is 306 g/mol. The van der Waals surface area contributed by atoms with Gasteiger partial charge in [-0.15, -0.1) is 12.4 Å². The maximum absolute atomic E-state index is 12.0. The number of hydrogen-bond donors (Lipinski definition) is 2. The van der Waals surface area contributed by atoms with Gasteiger partial charge in [-0.25, -0.2) is 0 Å². The Morgan fingerprint density at radius 3 is 2.40 bits per heavy atom. The van der Waals surface area contributed by atoms with Gasteiger partial charge in [0.15, 0.2) is 0 Å².